The van der Waals surface area contributed by atoms with Gasteiger partial charge in [0.25, 0.3) is 5.91 Å². The zero-order valence-electron chi connectivity index (χ0n) is 18.0. The summed E-state index contributed by atoms with van der Waals surface area (Å²) in [6, 6.07) is 19.5. The molecule has 3 aromatic carbocycles. The van der Waals surface area contributed by atoms with Crippen LogP contribution < -0.4 is 9.64 Å². The van der Waals surface area contributed by atoms with Crippen molar-refractivity contribution in [2.24, 2.45) is 0 Å². The van der Waals surface area contributed by atoms with E-state index < -0.39 is 11.5 Å². The highest BCUT2D eigenvalue weighted by Gasteiger charge is 2.51. The minimum absolute atomic E-state index is 0.285. The van der Waals surface area contributed by atoms with Crippen LogP contribution in [0.4, 0.5) is 5.69 Å². The van der Waals surface area contributed by atoms with Crippen LogP contribution in [0, 0.1) is 6.92 Å². The van der Waals surface area contributed by atoms with Crippen molar-refractivity contribution in [3.63, 3.8) is 0 Å². The largest absolute Gasteiger partial charge is 0.494 e. The van der Waals surface area contributed by atoms with Crippen molar-refractivity contribution in [1.82, 2.24) is 0 Å². The Labute approximate surface area is 192 Å². The van der Waals surface area contributed by atoms with E-state index in [0.29, 0.717) is 34.2 Å². The lowest BCUT2D eigenvalue weighted by Gasteiger charge is -2.23. The van der Waals surface area contributed by atoms with Gasteiger partial charge >= 0.3 is 0 Å². The number of aliphatic hydroxyl groups is 1. The molecule has 6 heteroatoms. The van der Waals surface area contributed by atoms with Gasteiger partial charge in [0, 0.05) is 16.1 Å². The van der Waals surface area contributed by atoms with E-state index in [9.17, 15) is 14.7 Å². The number of halogens is 1. The molecule has 0 saturated heterocycles. The fourth-order valence-corrected chi connectivity index (χ4v) is 4.14. The van der Waals surface area contributed by atoms with Gasteiger partial charge in [-0.2, -0.15) is 0 Å². The van der Waals surface area contributed by atoms with Gasteiger partial charge in [-0.15, -0.1) is 0 Å². The molecule has 0 aromatic heterocycles. The molecule has 0 saturated carbocycles. The Morgan fingerprint density at radius 2 is 1.75 bits per heavy atom. The average Bonchev–Trinajstić information content (AvgIpc) is 2.97. The number of anilines is 1. The predicted molar refractivity (Wildman–Crippen MR) is 124 cm³/mol. The lowest BCUT2D eigenvalue weighted by Crippen LogP contribution is -2.41. The number of rotatable bonds is 7. The fourth-order valence-electron chi connectivity index (χ4n) is 3.96. The summed E-state index contributed by atoms with van der Waals surface area (Å²) in [5.74, 6) is -0.220. The molecular formula is C26H24ClNO4. The highest BCUT2D eigenvalue weighted by Crippen LogP contribution is 2.44. The van der Waals surface area contributed by atoms with Gasteiger partial charge < -0.3 is 14.7 Å². The van der Waals surface area contributed by atoms with E-state index in [4.69, 9.17) is 16.3 Å². The van der Waals surface area contributed by atoms with E-state index in [0.717, 1.165) is 11.1 Å². The molecule has 1 amide bonds. The van der Waals surface area contributed by atoms with Gasteiger partial charge in [-0.05, 0) is 61.9 Å². The minimum Gasteiger partial charge on any atom is -0.494 e. The third-order valence-electron chi connectivity index (χ3n) is 5.66. The smallest absolute Gasteiger partial charge is 0.264 e. The van der Waals surface area contributed by atoms with E-state index in [-0.39, 0.29) is 18.7 Å². The molecule has 1 aliphatic heterocycles. The summed E-state index contributed by atoms with van der Waals surface area (Å²) >= 11 is 6.18. The Morgan fingerprint density at radius 3 is 2.41 bits per heavy atom. The van der Waals surface area contributed by atoms with Crippen LogP contribution in [0.3, 0.4) is 0 Å². The zero-order valence-corrected chi connectivity index (χ0v) is 18.7. The van der Waals surface area contributed by atoms with Crippen molar-refractivity contribution in [2.75, 3.05) is 11.5 Å². The average molecular weight is 450 g/mol. The lowest BCUT2D eigenvalue weighted by molar-refractivity contribution is -0.136. The maximum Gasteiger partial charge on any atom is 0.264 e. The summed E-state index contributed by atoms with van der Waals surface area (Å²) in [6.07, 6.45) is -0.377. The van der Waals surface area contributed by atoms with Gasteiger partial charge in [-0.3, -0.25) is 9.59 Å². The first-order chi connectivity index (χ1) is 15.3. The number of Topliss-reactive ketones (excluding diaryl/α,β-unsaturated/α-hetero) is 1. The number of nitrogens with zero attached hydrogens (tertiary/aromatic N) is 1. The molecule has 32 heavy (non-hydrogen) atoms. The van der Waals surface area contributed by atoms with E-state index in [1.807, 2.05) is 38.1 Å². The van der Waals surface area contributed by atoms with Crippen molar-refractivity contribution >= 4 is 29.0 Å². The lowest BCUT2D eigenvalue weighted by atomic mass is 9.88. The third kappa shape index (κ3) is 4.14. The first-order valence-electron chi connectivity index (χ1n) is 10.5. The predicted octanol–water partition coefficient (Wildman–Crippen LogP) is 5.05. The monoisotopic (exact) mass is 449 g/mol. The van der Waals surface area contributed by atoms with Crippen LogP contribution in [0.15, 0.2) is 66.7 Å². The van der Waals surface area contributed by atoms with Crippen LogP contribution in [0.5, 0.6) is 5.75 Å². The van der Waals surface area contributed by atoms with Gasteiger partial charge in [0.1, 0.15) is 5.75 Å². The molecule has 0 fully saturated rings. The van der Waals surface area contributed by atoms with Gasteiger partial charge in [0.05, 0.1) is 25.3 Å². The minimum atomic E-state index is -1.99. The van der Waals surface area contributed by atoms with Crippen LogP contribution in [-0.2, 0) is 16.9 Å². The molecule has 4 rings (SSSR count). The Hall–Kier alpha value is -3.15. The summed E-state index contributed by atoms with van der Waals surface area (Å²) in [5, 5.41) is 11.9. The van der Waals surface area contributed by atoms with E-state index >= 15 is 0 Å². The highest BCUT2D eigenvalue weighted by atomic mass is 35.5. The van der Waals surface area contributed by atoms with Crippen LogP contribution in [0.25, 0.3) is 0 Å². The van der Waals surface area contributed by atoms with Crippen molar-refractivity contribution in [1.29, 1.82) is 0 Å². The molecule has 1 unspecified atom stereocenters. The first kappa shape index (κ1) is 22.1. The third-order valence-corrected chi connectivity index (χ3v) is 5.89. The SMILES string of the molecule is CCOc1ccc(C(=O)CC2(O)C(=O)N(Cc3ccc(C)cc3)c3ccc(Cl)cc32)cc1. The summed E-state index contributed by atoms with van der Waals surface area (Å²) in [6.45, 7) is 4.68. The number of benzene rings is 3. The standard InChI is InChI=1S/C26H24ClNO4/c1-3-32-21-11-8-19(9-12-21)24(29)15-26(31)22-14-20(27)10-13-23(22)28(25(26)30)16-18-6-4-17(2)5-7-18/h4-14,31H,3,15-16H2,1-2H3. The number of carbonyl (C=O) groups is 2. The van der Waals surface area contributed by atoms with E-state index in [1.54, 1.807) is 42.5 Å². The van der Waals surface area contributed by atoms with Gasteiger partial charge in [0.15, 0.2) is 11.4 Å². The van der Waals surface area contributed by atoms with Crippen molar-refractivity contribution < 1.29 is 19.4 Å². The Bertz CT molecular complexity index is 1160. The molecule has 0 aliphatic carbocycles. The second kappa shape index (κ2) is 8.77. The normalized spacial score (nSPS) is 17.4. The number of ketones is 1. The number of carbonyl (C=O) groups excluding carboxylic acids is 2. The molecule has 1 aliphatic rings. The quantitative estimate of drug-likeness (QED) is 0.512. The molecule has 1 atom stereocenters. The van der Waals surface area contributed by atoms with Crippen molar-refractivity contribution in [2.45, 2.75) is 32.4 Å². The molecule has 1 heterocycles. The first-order valence-corrected chi connectivity index (χ1v) is 10.9. The molecule has 0 spiro atoms. The number of ether oxygens (including phenoxy) is 1. The number of hydrogen-bond donors (Lipinski definition) is 1. The molecule has 0 radical (unpaired) electrons. The highest BCUT2D eigenvalue weighted by molar-refractivity contribution is 6.31. The second-order valence-electron chi connectivity index (χ2n) is 7.96. The van der Waals surface area contributed by atoms with Crippen LogP contribution in [-0.4, -0.2) is 23.4 Å². The molecule has 164 valence electrons. The van der Waals surface area contributed by atoms with E-state index in [2.05, 4.69) is 0 Å². The maximum atomic E-state index is 13.4. The number of fused-ring (bicyclic) bond motifs is 1. The molecule has 1 N–H and O–H groups in total. The Balaban J connectivity index is 1.65. The molecule has 3 aromatic rings. The molecular weight excluding hydrogens is 426 g/mol. The van der Waals surface area contributed by atoms with Crippen molar-refractivity contribution in [3.8, 4) is 5.75 Å². The topological polar surface area (TPSA) is 66.8 Å². The molecule has 5 nitrogen and oxygen atoms in total. The van der Waals surface area contributed by atoms with Crippen molar-refractivity contribution in [3.05, 3.63) is 94.0 Å². The Morgan fingerprint density at radius 1 is 1.06 bits per heavy atom. The van der Waals surface area contributed by atoms with Crippen LogP contribution in [0.2, 0.25) is 5.02 Å². The summed E-state index contributed by atoms with van der Waals surface area (Å²) in [7, 11) is 0. The zero-order chi connectivity index (χ0) is 22.9. The summed E-state index contributed by atoms with van der Waals surface area (Å²) in [4.78, 5) is 28.0. The number of aryl methyl sites for hydroxylation is 1. The summed E-state index contributed by atoms with van der Waals surface area (Å²) < 4.78 is 5.41. The van der Waals surface area contributed by atoms with Crippen LogP contribution >= 0.6 is 11.6 Å². The van der Waals surface area contributed by atoms with Gasteiger partial charge in [-0.1, -0.05) is 41.4 Å². The maximum absolute atomic E-state index is 13.4. The number of amides is 1. The second-order valence-corrected chi connectivity index (χ2v) is 8.39. The Kier molecular flexibility index (Phi) is 6.04. The van der Waals surface area contributed by atoms with Gasteiger partial charge in [0.2, 0.25) is 0 Å². The fraction of sp³-hybridized carbons (Fsp3) is 0.231. The van der Waals surface area contributed by atoms with E-state index in [1.165, 1.54) is 4.90 Å². The molecule has 0 bridgehead atoms. The number of hydrogen-bond acceptors (Lipinski definition) is 4. The van der Waals surface area contributed by atoms with Crippen LogP contribution in [0.1, 0.15) is 40.4 Å². The summed E-state index contributed by atoms with van der Waals surface area (Å²) in [5.41, 5.74) is 1.36. The van der Waals surface area contributed by atoms with Gasteiger partial charge in [-0.25, -0.2) is 0 Å².